The Morgan fingerprint density at radius 1 is 1.15 bits per heavy atom. The molecule has 27 heavy (non-hydrogen) atoms. The van der Waals surface area contributed by atoms with E-state index >= 15 is 0 Å². The van der Waals surface area contributed by atoms with Crippen LogP contribution in [0, 0.1) is 0 Å². The van der Waals surface area contributed by atoms with E-state index in [1.807, 2.05) is 12.1 Å². The first-order chi connectivity index (χ1) is 12.8. The molecule has 1 amide bonds. The second kappa shape index (κ2) is 11.9. The van der Waals surface area contributed by atoms with Gasteiger partial charge in [-0.3, -0.25) is 9.69 Å². The van der Waals surface area contributed by atoms with Crippen LogP contribution in [0.2, 0.25) is 0 Å². The van der Waals surface area contributed by atoms with Gasteiger partial charge < -0.3 is 26.0 Å². The summed E-state index contributed by atoms with van der Waals surface area (Å²) in [4.78, 5) is 31.5. The molecule has 0 radical (unpaired) electrons. The summed E-state index contributed by atoms with van der Waals surface area (Å²) in [6.07, 6.45) is 2.90. The minimum Gasteiger partial charge on any atom is -0.497 e. The maximum atomic E-state index is 10.8. The lowest BCUT2D eigenvalue weighted by Gasteiger charge is -2.28. The zero-order chi connectivity index (χ0) is 20.2. The number of amides is 1. The van der Waals surface area contributed by atoms with E-state index in [0.717, 1.165) is 25.4 Å². The number of carboxylic acid groups (broad SMARTS) is 2. The molecule has 0 aromatic heterocycles. The van der Waals surface area contributed by atoms with E-state index in [1.165, 1.54) is 18.4 Å². The Morgan fingerprint density at radius 2 is 1.70 bits per heavy atom. The van der Waals surface area contributed by atoms with Crippen molar-refractivity contribution in [2.45, 2.75) is 25.3 Å². The number of carbonyl (C=O) groups excluding carboxylic acids is 1. The number of benzene rings is 1. The maximum absolute atomic E-state index is 10.8. The molecule has 9 nitrogen and oxygen atoms in total. The van der Waals surface area contributed by atoms with Gasteiger partial charge in [0.25, 0.3) is 0 Å². The molecule has 1 saturated heterocycles. The minimum absolute atomic E-state index is 0.260. The predicted molar refractivity (Wildman–Crippen MR) is 98.5 cm³/mol. The minimum atomic E-state index is -1.82. The van der Waals surface area contributed by atoms with Crippen LogP contribution in [0.4, 0.5) is 0 Å². The predicted octanol–water partition coefficient (Wildman–Crippen LogP) is 0.453. The second-order valence-electron chi connectivity index (χ2n) is 6.06. The lowest BCUT2D eigenvalue weighted by Crippen LogP contribution is -2.35. The van der Waals surface area contributed by atoms with Gasteiger partial charge in [-0.2, -0.15) is 0 Å². The lowest BCUT2D eigenvalue weighted by atomic mass is 10.1. The summed E-state index contributed by atoms with van der Waals surface area (Å²) in [5, 5.41) is 18.1. The van der Waals surface area contributed by atoms with Gasteiger partial charge in [0.2, 0.25) is 5.91 Å². The molecular formula is C18H27N3O6. The highest BCUT2D eigenvalue weighted by atomic mass is 16.5. The Morgan fingerprint density at radius 3 is 2.15 bits per heavy atom. The molecule has 1 aromatic rings. The Kier molecular flexibility index (Phi) is 9.84. The molecule has 1 fully saturated rings. The quantitative estimate of drug-likeness (QED) is 0.376. The lowest BCUT2D eigenvalue weighted by molar-refractivity contribution is -0.159. The molecule has 1 aliphatic heterocycles. The first-order valence-corrected chi connectivity index (χ1v) is 8.68. The zero-order valence-corrected chi connectivity index (χ0v) is 15.4. The van der Waals surface area contributed by atoms with Gasteiger partial charge in [-0.25, -0.2) is 9.59 Å². The van der Waals surface area contributed by atoms with Crippen molar-refractivity contribution in [2.75, 3.05) is 33.3 Å². The normalized spacial score (nSPS) is 14.7. The van der Waals surface area contributed by atoms with Crippen LogP contribution in [0.3, 0.4) is 0 Å². The fourth-order valence-electron chi connectivity index (χ4n) is 2.79. The van der Waals surface area contributed by atoms with E-state index in [2.05, 4.69) is 22.3 Å². The van der Waals surface area contributed by atoms with Gasteiger partial charge in [-0.1, -0.05) is 12.1 Å². The van der Waals surface area contributed by atoms with E-state index in [0.29, 0.717) is 19.0 Å². The van der Waals surface area contributed by atoms with Crippen LogP contribution in [-0.2, 0) is 14.4 Å². The molecule has 1 unspecified atom stereocenters. The highest BCUT2D eigenvalue weighted by Gasteiger charge is 2.23. The highest BCUT2D eigenvalue weighted by molar-refractivity contribution is 6.27. The first-order valence-electron chi connectivity index (χ1n) is 8.68. The molecular weight excluding hydrogens is 354 g/mol. The first kappa shape index (κ1) is 22.4. The van der Waals surface area contributed by atoms with Crippen molar-refractivity contribution >= 4 is 17.8 Å². The van der Waals surface area contributed by atoms with Gasteiger partial charge in [0.1, 0.15) is 5.75 Å². The molecule has 5 N–H and O–H groups in total. The molecule has 1 atom stereocenters. The van der Waals surface area contributed by atoms with E-state index in [-0.39, 0.29) is 5.91 Å². The fourth-order valence-corrected chi connectivity index (χ4v) is 2.79. The largest absolute Gasteiger partial charge is 0.497 e. The van der Waals surface area contributed by atoms with Crippen molar-refractivity contribution in [3.63, 3.8) is 0 Å². The summed E-state index contributed by atoms with van der Waals surface area (Å²) in [6.45, 7) is 3.73. The number of nitrogens with zero attached hydrogens (tertiary/aromatic N) is 1. The summed E-state index contributed by atoms with van der Waals surface area (Å²) in [6, 6.07) is 8.59. The Bertz CT molecular complexity index is 602. The molecule has 0 saturated carbocycles. The Hall–Kier alpha value is -2.65. The van der Waals surface area contributed by atoms with Crippen LogP contribution in [0.25, 0.3) is 0 Å². The fraction of sp³-hybridized carbons (Fsp3) is 0.500. The molecule has 1 heterocycles. The summed E-state index contributed by atoms with van der Waals surface area (Å²) in [5.74, 6) is -3.03. The second-order valence-corrected chi connectivity index (χ2v) is 6.06. The molecule has 9 heteroatoms. The number of primary amides is 1. The van der Waals surface area contributed by atoms with E-state index < -0.39 is 11.9 Å². The molecule has 1 aromatic carbocycles. The number of hydrogen-bond donors (Lipinski definition) is 4. The molecule has 0 spiro atoms. The summed E-state index contributed by atoms with van der Waals surface area (Å²) < 4.78 is 5.22. The topological polar surface area (TPSA) is 142 Å². The third-order valence-corrected chi connectivity index (χ3v) is 4.15. The van der Waals surface area contributed by atoms with Crippen LogP contribution in [0.5, 0.6) is 5.75 Å². The molecule has 0 aliphatic carbocycles. The number of ether oxygens (including phenoxy) is 1. The van der Waals surface area contributed by atoms with Crippen molar-refractivity contribution in [1.29, 1.82) is 0 Å². The highest BCUT2D eigenvalue weighted by Crippen LogP contribution is 2.26. The average Bonchev–Trinajstić information content (AvgIpc) is 3.16. The van der Waals surface area contributed by atoms with Gasteiger partial charge in [-0.15, -0.1) is 0 Å². The number of nitrogens with one attached hydrogen (secondary N) is 1. The molecule has 1 aliphatic rings. The van der Waals surface area contributed by atoms with Crippen LogP contribution >= 0.6 is 0 Å². The van der Waals surface area contributed by atoms with Gasteiger partial charge in [0.15, 0.2) is 0 Å². The number of rotatable bonds is 8. The number of hydrogen-bond acceptors (Lipinski definition) is 6. The number of likely N-dealkylation sites (tertiary alicyclic amines) is 1. The number of aliphatic carboxylic acids is 2. The van der Waals surface area contributed by atoms with Crippen molar-refractivity contribution in [3.8, 4) is 5.75 Å². The van der Waals surface area contributed by atoms with Crippen LogP contribution in [0.1, 0.15) is 30.9 Å². The van der Waals surface area contributed by atoms with E-state index in [9.17, 15) is 4.79 Å². The smallest absolute Gasteiger partial charge is 0.414 e. The SMILES string of the molecule is COc1ccc(C(CNCCC(N)=O)N2CCCC2)cc1.O=C(O)C(=O)O. The zero-order valence-electron chi connectivity index (χ0n) is 15.4. The van der Waals surface area contributed by atoms with Gasteiger partial charge in [-0.05, 0) is 43.6 Å². The number of nitrogens with two attached hydrogens (primary N) is 1. The van der Waals surface area contributed by atoms with Crippen molar-refractivity contribution < 1.29 is 29.3 Å². The molecule has 2 rings (SSSR count). The van der Waals surface area contributed by atoms with Crippen LogP contribution < -0.4 is 15.8 Å². The number of methoxy groups -OCH3 is 1. The third-order valence-electron chi connectivity index (χ3n) is 4.15. The average molecular weight is 381 g/mol. The Labute approximate surface area is 158 Å². The van der Waals surface area contributed by atoms with Crippen LogP contribution in [0.15, 0.2) is 24.3 Å². The van der Waals surface area contributed by atoms with E-state index in [1.54, 1.807) is 7.11 Å². The van der Waals surface area contributed by atoms with Gasteiger partial charge >= 0.3 is 11.9 Å². The summed E-state index contributed by atoms with van der Waals surface area (Å²) >= 11 is 0. The summed E-state index contributed by atoms with van der Waals surface area (Å²) in [5.41, 5.74) is 6.45. The molecule has 0 bridgehead atoms. The monoisotopic (exact) mass is 381 g/mol. The Balaban J connectivity index is 0.000000527. The number of carboxylic acids is 2. The molecule has 150 valence electrons. The van der Waals surface area contributed by atoms with Crippen molar-refractivity contribution in [1.82, 2.24) is 10.2 Å². The third kappa shape index (κ3) is 8.52. The summed E-state index contributed by atoms with van der Waals surface area (Å²) in [7, 11) is 1.68. The van der Waals surface area contributed by atoms with Gasteiger partial charge in [0, 0.05) is 25.6 Å². The number of carbonyl (C=O) groups is 3. The van der Waals surface area contributed by atoms with Crippen molar-refractivity contribution in [3.05, 3.63) is 29.8 Å². The van der Waals surface area contributed by atoms with E-state index in [4.69, 9.17) is 30.3 Å². The van der Waals surface area contributed by atoms with Crippen LogP contribution in [-0.4, -0.2) is 66.2 Å². The van der Waals surface area contributed by atoms with Gasteiger partial charge in [0.05, 0.1) is 7.11 Å². The maximum Gasteiger partial charge on any atom is 0.414 e. The van der Waals surface area contributed by atoms with Crippen molar-refractivity contribution in [2.24, 2.45) is 5.73 Å². The standard InChI is InChI=1S/C16H25N3O2.C2H2O4/c1-21-14-6-4-13(5-7-14)15(19-10-2-3-11-19)12-18-9-8-16(17)20;3-1(4)2(5)6/h4-7,15,18H,2-3,8-12H2,1H3,(H2,17,20);(H,3,4)(H,5,6).